The summed E-state index contributed by atoms with van der Waals surface area (Å²) in [4.78, 5) is 11.9. The van der Waals surface area contributed by atoms with E-state index in [-0.39, 0.29) is 17.9 Å². The van der Waals surface area contributed by atoms with Crippen molar-refractivity contribution in [2.75, 3.05) is 0 Å². The molecule has 0 radical (unpaired) electrons. The lowest BCUT2D eigenvalue weighted by molar-refractivity contribution is 0.0973. The van der Waals surface area contributed by atoms with Gasteiger partial charge in [0.25, 0.3) is 0 Å². The highest BCUT2D eigenvalue weighted by Gasteiger charge is 2.25. The van der Waals surface area contributed by atoms with E-state index in [1.807, 2.05) is 6.92 Å². The smallest absolute Gasteiger partial charge is 0.168 e. The van der Waals surface area contributed by atoms with Gasteiger partial charge in [0.2, 0.25) is 0 Å². The lowest BCUT2D eigenvalue weighted by atomic mass is 9.77. The minimum Gasteiger partial charge on any atom is -0.294 e. The van der Waals surface area contributed by atoms with Gasteiger partial charge in [-0.3, -0.25) is 4.79 Å². The third-order valence-corrected chi connectivity index (χ3v) is 5.35. The maximum Gasteiger partial charge on any atom is 0.168 e. The summed E-state index contributed by atoms with van der Waals surface area (Å²) in [5.41, 5.74) is 0.374. The van der Waals surface area contributed by atoms with Crippen LogP contribution in [0.5, 0.6) is 0 Å². The predicted octanol–water partition coefficient (Wildman–Crippen LogP) is 6.80. The van der Waals surface area contributed by atoms with Gasteiger partial charge in [0, 0.05) is 6.42 Å². The highest BCUT2D eigenvalue weighted by atomic mass is 19.1. The number of unbranched alkanes of at least 4 members (excludes halogenated alkanes) is 2. The summed E-state index contributed by atoms with van der Waals surface area (Å²) in [6.07, 6.45) is 10.2. The SMILES string of the molecule is CCCCCC1CCC(c2cc(F)c(C(=O)CCC)c(F)c2)CC1. The van der Waals surface area contributed by atoms with E-state index in [9.17, 15) is 13.6 Å². The number of carbonyl (C=O) groups excluding carboxylic acids is 1. The topological polar surface area (TPSA) is 17.1 Å². The van der Waals surface area contributed by atoms with Crippen molar-refractivity contribution in [1.29, 1.82) is 0 Å². The number of Topliss-reactive ketones (excluding diaryl/α,β-unsaturated/α-hetero) is 1. The number of benzene rings is 1. The number of hydrogen-bond donors (Lipinski definition) is 0. The lowest BCUT2D eigenvalue weighted by Crippen LogP contribution is -2.15. The Morgan fingerprint density at radius 2 is 1.62 bits per heavy atom. The molecule has 0 N–H and O–H groups in total. The molecule has 1 aliphatic carbocycles. The average Bonchev–Trinajstić information content (AvgIpc) is 2.55. The second-order valence-corrected chi connectivity index (χ2v) is 7.25. The lowest BCUT2D eigenvalue weighted by Gasteiger charge is -2.29. The van der Waals surface area contributed by atoms with Crippen LogP contribution in [0.2, 0.25) is 0 Å². The van der Waals surface area contributed by atoms with Crippen LogP contribution in [0.25, 0.3) is 0 Å². The van der Waals surface area contributed by atoms with Gasteiger partial charge in [-0.1, -0.05) is 39.5 Å². The van der Waals surface area contributed by atoms with Crippen molar-refractivity contribution in [3.63, 3.8) is 0 Å². The minimum absolute atomic E-state index is 0.191. The third kappa shape index (κ3) is 4.87. The molecule has 1 aromatic carbocycles. The van der Waals surface area contributed by atoms with Crippen LogP contribution < -0.4 is 0 Å². The van der Waals surface area contributed by atoms with E-state index in [1.54, 1.807) is 0 Å². The first kappa shape index (κ1) is 19.1. The molecule has 1 saturated carbocycles. The molecule has 0 heterocycles. The molecule has 3 heteroatoms. The molecule has 1 fully saturated rings. The first-order chi connectivity index (χ1) is 11.6. The van der Waals surface area contributed by atoms with Crippen molar-refractivity contribution in [3.05, 3.63) is 34.9 Å². The van der Waals surface area contributed by atoms with Crippen molar-refractivity contribution >= 4 is 5.78 Å². The number of carbonyl (C=O) groups is 1. The van der Waals surface area contributed by atoms with E-state index in [1.165, 1.54) is 37.8 Å². The van der Waals surface area contributed by atoms with E-state index in [2.05, 4.69) is 6.92 Å². The molecule has 0 unspecified atom stereocenters. The maximum atomic E-state index is 14.3. The second-order valence-electron chi connectivity index (χ2n) is 7.25. The zero-order valence-corrected chi connectivity index (χ0v) is 15.0. The molecule has 1 aromatic rings. The van der Waals surface area contributed by atoms with Crippen molar-refractivity contribution < 1.29 is 13.6 Å². The standard InChI is InChI=1S/C21H30F2O/c1-3-5-6-8-15-9-11-16(12-10-15)17-13-18(22)21(19(23)14-17)20(24)7-4-2/h13-16H,3-12H2,1-2H3. The van der Waals surface area contributed by atoms with E-state index < -0.39 is 17.4 Å². The molecule has 24 heavy (non-hydrogen) atoms. The summed E-state index contributed by atoms with van der Waals surface area (Å²) >= 11 is 0. The molecule has 0 spiro atoms. The molecule has 134 valence electrons. The van der Waals surface area contributed by atoms with Crippen molar-refractivity contribution in [2.24, 2.45) is 5.92 Å². The van der Waals surface area contributed by atoms with Crippen LogP contribution >= 0.6 is 0 Å². The van der Waals surface area contributed by atoms with Gasteiger partial charge in [-0.05, 0) is 61.6 Å². The maximum absolute atomic E-state index is 14.3. The zero-order valence-electron chi connectivity index (χ0n) is 15.0. The summed E-state index contributed by atoms with van der Waals surface area (Å²) < 4.78 is 28.5. The molecule has 0 aromatic heterocycles. The Kier molecular flexibility index (Phi) is 7.39. The molecule has 2 rings (SSSR count). The fourth-order valence-corrected chi connectivity index (χ4v) is 3.91. The van der Waals surface area contributed by atoms with Gasteiger partial charge in [0.05, 0.1) is 5.56 Å². The van der Waals surface area contributed by atoms with Crippen LogP contribution in [-0.4, -0.2) is 5.78 Å². The van der Waals surface area contributed by atoms with Gasteiger partial charge in [-0.15, -0.1) is 0 Å². The molecule has 0 bridgehead atoms. The van der Waals surface area contributed by atoms with Gasteiger partial charge in [0.15, 0.2) is 5.78 Å². The van der Waals surface area contributed by atoms with Crippen molar-refractivity contribution in [3.8, 4) is 0 Å². The second kappa shape index (κ2) is 9.29. The van der Waals surface area contributed by atoms with Crippen LogP contribution in [0.15, 0.2) is 12.1 Å². The van der Waals surface area contributed by atoms with Crippen LogP contribution in [0, 0.1) is 17.6 Å². The predicted molar refractivity (Wildman–Crippen MR) is 94.4 cm³/mol. The Labute approximate surface area is 144 Å². The fourth-order valence-electron chi connectivity index (χ4n) is 3.91. The van der Waals surface area contributed by atoms with Crippen molar-refractivity contribution in [2.45, 2.75) is 84.0 Å². The van der Waals surface area contributed by atoms with Crippen molar-refractivity contribution in [1.82, 2.24) is 0 Å². The highest BCUT2D eigenvalue weighted by molar-refractivity contribution is 5.96. The molecule has 0 saturated heterocycles. The third-order valence-electron chi connectivity index (χ3n) is 5.35. The van der Waals surface area contributed by atoms with E-state index in [0.717, 1.165) is 37.2 Å². The normalized spacial score (nSPS) is 21.0. The Bertz CT molecular complexity index is 522. The summed E-state index contributed by atoms with van der Waals surface area (Å²) in [5.74, 6) is -0.805. The number of ketones is 1. The Morgan fingerprint density at radius 1 is 1.00 bits per heavy atom. The monoisotopic (exact) mass is 336 g/mol. The largest absolute Gasteiger partial charge is 0.294 e. The molecule has 0 aliphatic heterocycles. The Hall–Kier alpha value is -1.25. The number of rotatable bonds is 8. The summed E-state index contributed by atoms with van der Waals surface area (Å²) in [6, 6.07) is 2.79. The average molecular weight is 336 g/mol. The molecule has 1 nitrogen and oxygen atoms in total. The Balaban J connectivity index is 2.00. The molecule has 0 amide bonds. The molecule has 1 aliphatic rings. The van der Waals surface area contributed by atoms with E-state index in [0.29, 0.717) is 6.42 Å². The van der Waals surface area contributed by atoms with Crippen LogP contribution in [0.4, 0.5) is 8.78 Å². The Morgan fingerprint density at radius 3 is 2.17 bits per heavy atom. The van der Waals surface area contributed by atoms with Gasteiger partial charge >= 0.3 is 0 Å². The van der Waals surface area contributed by atoms with Gasteiger partial charge in [-0.2, -0.15) is 0 Å². The highest BCUT2D eigenvalue weighted by Crippen LogP contribution is 2.38. The minimum atomic E-state index is -0.687. The van der Waals surface area contributed by atoms with E-state index in [4.69, 9.17) is 0 Å². The number of halogens is 2. The molecular weight excluding hydrogens is 306 g/mol. The van der Waals surface area contributed by atoms with Gasteiger partial charge < -0.3 is 0 Å². The van der Waals surface area contributed by atoms with Gasteiger partial charge in [-0.25, -0.2) is 8.78 Å². The first-order valence-electron chi connectivity index (χ1n) is 9.58. The number of hydrogen-bond acceptors (Lipinski definition) is 1. The fraction of sp³-hybridized carbons (Fsp3) is 0.667. The van der Waals surface area contributed by atoms with E-state index >= 15 is 0 Å². The van der Waals surface area contributed by atoms with Gasteiger partial charge in [0.1, 0.15) is 11.6 Å². The first-order valence-corrected chi connectivity index (χ1v) is 9.58. The van der Waals surface area contributed by atoms with Crippen LogP contribution in [0.3, 0.4) is 0 Å². The molecule has 0 atom stereocenters. The summed E-state index contributed by atoms with van der Waals surface area (Å²) in [5, 5.41) is 0. The van der Waals surface area contributed by atoms with Crippen LogP contribution in [-0.2, 0) is 0 Å². The quantitative estimate of drug-likeness (QED) is 0.377. The zero-order chi connectivity index (χ0) is 17.5. The summed E-state index contributed by atoms with van der Waals surface area (Å²) in [6.45, 7) is 4.05. The van der Waals surface area contributed by atoms with Crippen LogP contribution in [0.1, 0.15) is 99.9 Å². The molecular formula is C21H30F2O. The summed E-state index contributed by atoms with van der Waals surface area (Å²) in [7, 11) is 0.